The summed E-state index contributed by atoms with van der Waals surface area (Å²) in [5.41, 5.74) is 1.32. The summed E-state index contributed by atoms with van der Waals surface area (Å²) in [7, 11) is 0. The van der Waals surface area contributed by atoms with Crippen molar-refractivity contribution in [3.63, 3.8) is 0 Å². The largest absolute Gasteiger partial charge is 0.488 e. The standard InChI is InChI=1S/C17H29NO2/c1-5-12-18-17(6-2)15-8-10-16(11-9-15)20-14(4)13-19-7-3/h8-11,14,17-18H,5-7,12-13H2,1-4H3. The van der Waals surface area contributed by atoms with Crippen LogP contribution in [-0.2, 0) is 4.74 Å². The highest BCUT2D eigenvalue weighted by molar-refractivity contribution is 5.29. The summed E-state index contributed by atoms with van der Waals surface area (Å²) < 4.78 is 11.2. The van der Waals surface area contributed by atoms with Crippen molar-refractivity contribution in [2.24, 2.45) is 0 Å². The van der Waals surface area contributed by atoms with E-state index in [9.17, 15) is 0 Å². The first-order valence-corrected chi connectivity index (χ1v) is 7.78. The molecule has 1 aromatic carbocycles. The predicted octanol–water partition coefficient (Wildman–Crippen LogP) is 3.94. The molecular formula is C17H29NO2. The highest BCUT2D eigenvalue weighted by atomic mass is 16.5. The van der Waals surface area contributed by atoms with Crippen LogP contribution in [0.1, 0.15) is 52.1 Å². The van der Waals surface area contributed by atoms with Crippen LogP contribution in [0.25, 0.3) is 0 Å². The van der Waals surface area contributed by atoms with E-state index in [1.54, 1.807) is 0 Å². The highest BCUT2D eigenvalue weighted by Gasteiger charge is 2.09. The first-order chi connectivity index (χ1) is 9.71. The zero-order valence-corrected chi connectivity index (χ0v) is 13.3. The van der Waals surface area contributed by atoms with Gasteiger partial charge in [-0.3, -0.25) is 0 Å². The Labute approximate surface area is 123 Å². The van der Waals surface area contributed by atoms with Crippen molar-refractivity contribution < 1.29 is 9.47 Å². The molecule has 0 aliphatic heterocycles. The molecule has 2 atom stereocenters. The Hall–Kier alpha value is -1.06. The molecule has 0 aliphatic carbocycles. The minimum Gasteiger partial charge on any atom is -0.488 e. The van der Waals surface area contributed by atoms with Gasteiger partial charge in [0.15, 0.2) is 0 Å². The Morgan fingerprint density at radius 1 is 1.10 bits per heavy atom. The molecule has 2 unspecified atom stereocenters. The van der Waals surface area contributed by atoms with E-state index in [0.717, 1.165) is 31.7 Å². The van der Waals surface area contributed by atoms with Crippen molar-refractivity contribution in [2.75, 3.05) is 19.8 Å². The molecule has 0 bridgehead atoms. The summed E-state index contributed by atoms with van der Waals surface area (Å²) in [6.07, 6.45) is 2.34. The van der Waals surface area contributed by atoms with Crippen LogP contribution in [0.3, 0.4) is 0 Å². The van der Waals surface area contributed by atoms with E-state index in [0.29, 0.717) is 12.6 Å². The topological polar surface area (TPSA) is 30.5 Å². The number of hydrogen-bond acceptors (Lipinski definition) is 3. The van der Waals surface area contributed by atoms with Gasteiger partial charge in [0.25, 0.3) is 0 Å². The summed E-state index contributed by atoms with van der Waals surface area (Å²) in [4.78, 5) is 0. The summed E-state index contributed by atoms with van der Waals surface area (Å²) in [6, 6.07) is 8.84. The number of ether oxygens (including phenoxy) is 2. The van der Waals surface area contributed by atoms with Crippen LogP contribution in [-0.4, -0.2) is 25.9 Å². The predicted molar refractivity (Wildman–Crippen MR) is 84.4 cm³/mol. The number of nitrogens with one attached hydrogen (secondary N) is 1. The van der Waals surface area contributed by atoms with Gasteiger partial charge >= 0.3 is 0 Å². The summed E-state index contributed by atoms with van der Waals surface area (Å²) >= 11 is 0. The maximum Gasteiger partial charge on any atom is 0.119 e. The van der Waals surface area contributed by atoms with Crippen LogP contribution in [0.5, 0.6) is 5.75 Å². The molecule has 0 spiro atoms. The van der Waals surface area contributed by atoms with E-state index < -0.39 is 0 Å². The van der Waals surface area contributed by atoms with Gasteiger partial charge in [0.1, 0.15) is 11.9 Å². The van der Waals surface area contributed by atoms with Gasteiger partial charge in [-0.2, -0.15) is 0 Å². The van der Waals surface area contributed by atoms with Gasteiger partial charge in [-0.25, -0.2) is 0 Å². The molecule has 1 rings (SSSR count). The molecule has 0 saturated heterocycles. The molecule has 1 aromatic rings. The molecule has 0 aromatic heterocycles. The highest BCUT2D eigenvalue weighted by Crippen LogP contribution is 2.21. The Morgan fingerprint density at radius 2 is 1.80 bits per heavy atom. The third-order valence-corrected chi connectivity index (χ3v) is 3.23. The van der Waals surface area contributed by atoms with E-state index in [-0.39, 0.29) is 6.10 Å². The summed E-state index contributed by atoms with van der Waals surface area (Å²) in [6.45, 7) is 10.8. The van der Waals surface area contributed by atoms with E-state index in [2.05, 4.69) is 31.3 Å². The molecule has 0 heterocycles. The van der Waals surface area contributed by atoms with Gasteiger partial charge < -0.3 is 14.8 Å². The molecular weight excluding hydrogens is 250 g/mol. The van der Waals surface area contributed by atoms with Crippen molar-refractivity contribution >= 4 is 0 Å². The zero-order valence-electron chi connectivity index (χ0n) is 13.3. The van der Waals surface area contributed by atoms with Crippen LogP contribution in [0.15, 0.2) is 24.3 Å². The smallest absolute Gasteiger partial charge is 0.119 e. The molecule has 0 amide bonds. The monoisotopic (exact) mass is 279 g/mol. The number of rotatable bonds is 10. The molecule has 0 aliphatic rings. The quantitative estimate of drug-likeness (QED) is 0.703. The van der Waals surface area contributed by atoms with Crippen molar-refractivity contribution in [2.45, 2.75) is 52.7 Å². The first kappa shape index (κ1) is 17.0. The number of benzene rings is 1. The fourth-order valence-corrected chi connectivity index (χ4v) is 2.15. The van der Waals surface area contributed by atoms with Crippen LogP contribution < -0.4 is 10.1 Å². The zero-order chi connectivity index (χ0) is 14.8. The lowest BCUT2D eigenvalue weighted by Crippen LogP contribution is -2.21. The second-order valence-corrected chi connectivity index (χ2v) is 5.07. The lowest BCUT2D eigenvalue weighted by atomic mass is 10.0. The normalized spacial score (nSPS) is 14.0. The van der Waals surface area contributed by atoms with Crippen molar-refractivity contribution in [3.05, 3.63) is 29.8 Å². The fraction of sp³-hybridized carbons (Fsp3) is 0.647. The first-order valence-electron chi connectivity index (χ1n) is 7.78. The maximum atomic E-state index is 5.82. The van der Waals surface area contributed by atoms with Gasteiger partial charge in [0.2, 0.25) is 0 Å². The van der Waals surface area contributed by atoms with E-state index >= 15 is 0 Å². The van der Waals surface area contributed by atoms with Crippen LogP contribution in [0, 0.1) is 0 Å². The SMILES string of the molecule is CCCNC(CC)c1ccc(OC(C)COCC)cc1. The van der Waals surface area contributed by atoms with Crippen LogP contribution in [0.2, 0.25) is 0 Å². The Balaban J connectivity index is 2.54. The Kier molecular flexibility index (Phi) is 8.31. The van der Waals surface area contributed by atoms with Gasteiger partial charge in [0, 0.05) is 12.6 Å². The van der Waals surface area contributed by atoms with Crippen molar-refractivity contribution in [1.82, 2.24) is 5.32 Å². The second-order valence-electron chi connectivity index (χ2n) is 5.07. The average Bonchev–Trinajstić information content (AvgIpc) is 2.47. The molecule has 20 heavy (non-hydrogen) atoms. The van der Waals surface area contributed by atoms with E-state index in [1.807, 2.05) is 26.0 Å². The Bertz CT molecular complexity index is 351. The molecule has 0 saturated carbocycles. The summed E-state index contributed by atoms with van der Waals surface area (Å²) in [5, 5.41) is 3.56. The van der Waals surface area contributed by atoms with Crippen LogP contribution >= 0.6 is 0 Å². The van der Waals surface area contributed by atoms with Crippen molar-refractivity contribution in [3.8, 4) is 5.75 Å². The molecule has 1 N–H and O–H groups in total. The third kappa shape index (κ3) is 5.93. The van der Waals surface area contributed by atoms with E-state index in [4.69, 9.17) is 9.47 Å². The van der Waals surface area contributed by atoms with Gasteiger partial charge in [0.05, 0.1) is 6.61 Å². The van der Waals surface area contributed by atoms with E-state index in [1.165, 1.54) is 5.56 Å². The summed E-state index contributed by atoms with van der Waals surface area (Å²) in [5.74, 6) is 0.909. The van der Waals surface area contributed by atoms with Gasteiger partial charge in [-0.1, -0.05) is 26.0 Å². The third-order valence-electron chi connectivity index (χ3n) is 3.23. The van der Waals surface area contributed by atoms with Gasteiger partial charge in [-0.05, 0) is 50.9 Å². The fourth-order valence-electron chi connectivity index (χ4n) is 2.15. The van der Waals surface area contributed by atoms with Crippen LogP contribution in [0.4, 0.5) is 0 Å². The average molecular weight is 279 g/mol. The van der Waals surface area contributed by atoms with Crippen molar-refractivity contribution in [1.29, 1.82) is 0 Å². The Morgan fingerprint density at radius 3 is 2.35 bits per heavy atom. The molecule has 3 nitrogen and oxygen atoms in total. The minimum absolute atomic E-state index is 0.0842. The lowest BCUT2D eigenvalue weighted by Gasteiger charge is -2.18. The van der Waals surface area contributed by atoms with Gasteiger partial charge in [-0.15, -0.1) is 0 Å². The molecule has 3 heteroatoms. The second kappa shape index (κ2) is 9.78. The molecule has 114 valence electrons. The minimum atomic E-state index is 0.0842. The molecule has 0 fully saturated rings. The lowest BCUT2D eigenvalue weighted by molar-refractivity contribution is 0.0657. The number of hydrogen-bond donors (Lipinski definition) is 1. The molecule has 0 radical (unpaired) electrons. The maximum absolute atomic E-state index is 5.82.